The maximum atomic E-state index is 12.8. The molecular formula is C10H16FNO3S. The molecule has 16 heavy (non-hydrogen) atoms. The minimum atomic E-state index is -4.51. The van der Waals surface area contributed by atoms with Crippen LogP contribution in [0.2, 0.25) is 0 Å². The molecule has 2 aliphatic rings. The number of hydrogen-bond donors (Lipinski definition) is 0. The molecular weight excluding hydrogens is 233 g/mol. The van der Waals surface area contributed by atoms with Crippen LogP contribution in [0.25, 0.3) is 0 Å². The van der Waals surface area contributed by atoms with Crippen molar-refractivity contribution in [3.8, 4) is 0 Å². The van der Waals surface area contributed by atoms with Gasteiger partial charge < -0.3 is 4.90 Å². The number of carbonyl (C=O) groups is 1. The SMILES string of the molecule is CC1CC1C(=O)N1CCCC(S(=O)(=O)F)C1. The average Bonchev–Trinajstić information content (AvgIpc) is 2.93. The molecule has 1 heterocycles. The van der Waals surface area contributed by atoms with Gasteiger partial charge in [0.1, 0.15) is 5.25 Å². The summed E-state index contributed by atoms with van der Waals surface area (Å²) in [6.07, 6.45) is 1.77. The Kier molecular flexibility index (Phi) is 2.94. The maximum Gasteiger partial charge on any atom is 0.307 e. The predicted octanol–water partition coefficient (Wildman–Crippen LogP) is 0.933. The van der Waals surface area contributed by atoms with Gasteiger partial charge in [-0.1, -0.05) is 6.92 Å². The molecule has 4 nitrogen and oxygen atoms in total. The Morgan fingerprint density at radius 1 is 1.44 bits per heavy atom. The van der Waals surface area contributed by atoms with Crippen LogP contribution in [0.15, 0.2) is 0 Å². The Morgan fingerprint density at radius 3 is 2.56 bits per heavy atom. The Labute approximate surface area is 95.0 Å². The van der Waals surface area contributed by atoms with E-state index in [-0.39, 0.29) is 18.4 Å². The molecule has 0 N–H and O–H groups in total. The summed E-state index contributed by atoms with van der Waals surface area (Å²) in [5, 5.41) is -1.01. The number of rotatable bonds is 2. The van der Waals surface area contributed by atoms with E-state index in [0.29, 0.717) is 25.3 Å². The first-order chi connectivity index (χ1) is 7.39. The summed E-state index contributed by atoms with van der Waals surface area (Å²) < 4.78 is 34.4. The monoisotopic (exact) mass is 249 g/mol. The molecule has 1 amide bonds. The van der Waals surface area contributed by atoms with Gasteiger partial charge in [-0.05, 0) is 25.2 Å². The zero-order valence-corrected chi connectivity index (χ0v) is 10.0. The van der Waals surface area contributed by atoms with Gasteiger partial charge >= 0.3 is 10.2 Å². The number of amides is 1. The number of nitrogens with zero attached hydrogens (tertiary/aromatic N) is 1. The summed E-state index contributed by atoms with van der Waals surface area (Å²) in [7, 11) is -4.51. The van der Waals surface area contributed by atoms with Crippen LogP contribution in [0.1, 0.15) is 26.2 Å². The zero-order valence-electron chi connectivity index (χ0n) is 9.23. The highest BCUT2D eigenvalue weighted by Crippen LogP contribution is 2.39. The first-order valence-corrected chi connectivity index (χ1v) is 7.06. The average molecular weight is 249 g/mol. The van der Waals surface area contributed by atoms with Crippen molar-refractivity contribution in [2.24, 2.45) is 11.8 Å². The van der Waals surface area contributed by atoms with Crippen molar-refractivity contribution in [2.75, 3.05) is 13.1 Å². The van der Waals surface area contributed by atoms with Crippen molar-refractivity contribution in [1.82, 2.24) is 4.90 Å². The van der Waals surface area contributed by atoms with E-state index in [1.165, 1.54) is 4.90 Å². The second-order valence-electron chi connectivity index (χ2n) is 4.84. The van der Waals surface area contributed by atoms with Gasteiger partial charge in [-0.2, -0.15) is 8.42 Å². The van der Waals surface area contributed by atoms with Gasteiger partial charge in [0.15, 0.2) is 0 Å². The summed E-state index contributed by atoms with van der Waals surface area (Å²) in [5.74, 6) is 0.441. The molecule has 0 aromatic heterocycles. The van der Waals surface area contributed by atoms with E-state index < -0.39 is 15.5 Å². The van der Waals surface area contributed by atoms with E-state index in [9.17, 15) is 17.1 Å². The van der Waals surface area contributed by atoms with Gasteiger partial charge in [-0.3, -0.25) is 4.79 Å². The number of piperidine rings is 1. The van der Waals surface area contributed by atoms with Crippen LogP contribution in [0.4, 0.5) is 3.89 Å². The summed E-state index contributed by atoms with van der Waals surface area (Å²) in [6.45, 7) is 2.59. The van der Waals surface area contributed by atoms with Crippen molar-refractivity contribution >= 4 is 16.1 Å². The fourth-order valence-electron chi connectivity index (χ4n) is 2.27. The van der Waals surface area contributed by atoms with Crippen molar-refractivity contribution in [1.29, 1.82) is 0 Å². The Bertz CT molecular complexity index is 395. The van der Waals surface area contributed by atoms with Gasteiger partial charge in [-0.25, -0.2) is 0 Å². The highest BCUT2D eigenvalue weighted by Gasteiger charge is 2.43. The fourth-order valence-corrected chi connectivity index (χ4v) is 3.08. The van der Waals surface area contributed by atoms with E-state index in [2.05, 4.69) is 0 Å². The molecule has 2 fully saturated rings. The van der Waals surface area contributed by atoms with Gasteiger partial charge in [0, 0.05) is 19.0 Å². The molecule has 2 rings (SSSR count). The summed E-state index contributed by atoms with van der Waals surface area (Å²) >= 11 is 0. The van der Waals surface area contributed by atoms with Crippen LogP contribution >= 0.6 is 0 Å². The van der Waals surface area contributed by atoms with Gasteiger partial charge in [-0.15, -0.1) is 3.89 Å². The number of carbonyl (C=O) groups excluding carboxylic acids is 1. The fraction of sp³-hybridized carbons (Fsp3) is 0.900. The van der Waals surface area contributed by atoms with Crippen molar-refractivity contribution < 1.29 is 17.1 Å². The Balaban J connectivity index is 1.99. The molecule has 3 atom stereocenters. The van der Waals surface area contributed by atoms with Gasteiger partial charge in [0.25, 0.3) is 0 Å². The normalized spacial score (nSPS) is 34.9. The topological polar surface area (TPSA) is 54.5 Å². The van der Waals surface area contributed by atoms with Crippen molar-refractivity contribution in [3.63, 3.8) is 0 Å². The molecule has 1 saturated carbocycles. The summed E-state index contributed by atoms with van der Waals surface area (Å²) in [6, 6.07) is 0. The zero-order chi connectivity index (χ0) is 11.9. The standard InChI is InChI=1S/C10H16FNO3S/c1-7-5-9(7)10(13)12-4-2-3-8(6-12)16(11,14)15/h7-9H,2-6H2,1H3. The molecule has 1 aliphatic heterocycles. The smallest absolute Gasteiger partial charge is 0.307 e. The lowest BCUT2D eigenvalue weighted by molar-refractivity contribution is -0.133. The van der Waals surface area contributed by atoms with E-state index >= 15 is 0 Å². The highest BCUT2D eigenvalue weighted by atomic mass is 32.3. The molecule has 0 radical (unpaired) electrons. The Hall–Kier alpha value is -0.650. The minimum Gasteiger partial charge on any atom is -0.341 e. The van der Waals surface area contributed by atoms with Crippen LogP contribution in [-0.4, -0.2) is 37.6 Å². The van der Waals surface area contributed by atoms with E-state index in [1.54, 1.807) is 0 Å². The van der Waals surface area contributed by atoms with Gasteiger partial charge in [0.05, 0.1) is 0 Å². The first-order valence-electron chi connectivity index (χ1n) is 5.62. The van der Waals surface area contributed by atoms with E-state index in [4.69, 9.17) is 0 Å². The third-order valence-corrected chi connectivity index (χ3v) is 4.70. The highest BCUT2D eigenvalue weighted by molar-refractivity contribution is 7.87. The lowest BCUT2D eigenvalue weighted by atomic mass is 10.1. The predicted molar refractivity (Wildman–Crippen MR) is 56.9 cm³/mol. The molecule has 1 aliphatic carbocycles. The minimum absolute atomic E-state index is 0.000787. The number of halogens is 1. The van der Waals surface area contributed by atoms with E-state index in [1.807, 2.05) is 6.92 Å². The van der Waals surface area contributed by atoms with Crippen LogP contribution < -0.4 is 0 Å². The first kappa shape index (κ1) is 11.8. The number of hydrogen-bond acceptors (Lipinski definition) is 3. The Morgan fingerprint density at radius 2 is 2.06 bits per heavy atom. The molecule has 3 unspecified atom stereocenters. The van der Waals surface area contributed by atoms with Crippen molar-refractivity contribution in [3.05, 3.63) is 0 Å². The second-order valence-corrected chi connectivity index (χ2v) is 6.46. The summed E-state index contributed by atoms with van der Waals surface area (Å²) in [4.78, 5) is 13.4. The quantitative estimate of drug-likeness (QED) is 0.684. The molecule has 6 heteroatoms. The third kappa shape index (κ3) is 2.36. The largest absolute Gasteiger partial charge is 0.341 e. The van der Waals surface area contributed by atoms with Gasteiger partial charge in [0.2, 0.25) is 5.91 Å². The lowest BCUT2D eigenvalue weighted by Gasteiger charge is -2.30. The third-order valence-electron chi connectivity index (χ3n) is 3.51. The maximum absolute atomic E-state index is 12.8. The second kappa shape index (κ2) is 3.98. The number of likely N-dealkylation sites (tertiary alicyclic amines) is 1. The van der Waals surface area contributed by atoms with E-state index in [0.717, 1.165) is 6.42 Å². The molecule has 92 valence electrons. The van der Waals surface area contributed by atoms with Crippen LogP contribution in [-0.2, 0) is 15.0 Å². The van der Waals surface area contributed by atoms with Crippen LogP contribution in [0.5, 0.6) is 0 Å². The van der Waals surface area contributed by atoms with Crippen LogP contribution in [0, 0.1) is 11.8 Å². The summed E-state index contributed by atoms with van der Waals surface area (Å²) in [5.41, 5.74) is 0. The lowest BCUT2D eigenvalue weighted by Crippen LogP contribution is -2.45. The molecule has 0 bridgehead atoms. The van der Waals surface area contributed by atoms with Crippen molar-refractivity contribution in [2.45, 2.75) is 31.4 Å². The molecule has 0 aromatic carbocycles. The molecule has 1 saturated heterocycles. The molecule has 0 aromatic rings. The molecule has 0 spiro atoms. The van der Waals surface area contributed by atoms with Crippen LogP contribution in [0.3, 0.4) is 0 Å².